The number of nitrogens with zero attached hydrogens (tertiary/aromatic N) is 1. The van der Waals surface area contributed by atoms with Gasteiger partial charge in [-0.1, -0.05) is 32.4 Å². The highest BCUT2D eigenvalue weighted by molar-refractivity contribution is 8.06. The lowest BCUT2D eigenvalue weighted by molar-refractivity contribution is -0.493. The zero-order chi connectivity index (χ0) is 17.3. The van der Waals surface area contributed by atoms with Gasteiger partial charge in [-0.15, -0.1) is 0 Å². The summed E-state index contributed by atoms with van der Waals surface area (Å²) in [7, 11) is -10.9. The number of sulfonamides is 2. The van der Waals surface area contributed by atoms with Gasteiger partial charge in [0.15, 0.2) is 0 Å². The van der Waals surface area contributed by atoms with E-state index in [1.165, 1.54) is 6.08 Å². The quantitative estimate of drug-likeness (QED) is 0.740. The van der Waals surface area contributed by atoms with Gasteiger partial charge in [0.25, 0.3) is 10.0 Å². The van der Waals surface area contributed by atoms with E-state index in [1.807, 2.05) is 13.8 Å². The van der Waals surface area contributed by atoms with E-state index in [4.69, 9.17) is 0 Å². The zero-order valence-corrected chi connectivity index (χ0v) is 13.7. The van der Waals surface area contributed by atoms with Gasteiger partial charge in [0.1, 0.15) is 0 Å². The zero-order valence-electron chi connectivity index (χ0n) is 12.0. The fourth-order valence-electron chi connectivity index (χ4n) is 1.90. The minimum absolute atomic E-state index is 0.0569. The molecular formula is C11H18F3N2O4S2+. The molecule has 0 saturated carbocycles. The average Bonchev–Trinajstić information content (AvgIpc) is 2.44. The summed E-state index contributed by atoms with van der Waals surface area (Å²) in [6.07, 6.45) is 5.07. The number of alkyl halides is 3. The van der Waals surface area contributed by atoms with Crippen LogP contribution in [0.4, 0.5) is 13.2 Å². The molecule has 0 aliphatic heterocycles. The summed E-state index contributed by atoms with van der Waals surface area (Å²) >= 11 is 0. The van der Waals surface area contributed by atoms with Crippen LogP contribution in [-0.2, 0) is 20.0 Å². The molecule has 1 rings (SSSR count). The fourth-order valence-corrected chi connectivity index (χ4v) is 4.46. The molecule has 0 amide bonds. The molecule has 0 saturated heterocycles. The second-order valence-corrected chi connectivity index (χ2v) is 8.93. The van der Waals surface area contributed by atoms with E-state index in [2.05, 4.69) is 5.84 Å². The van der Waals surface area contributed by atoms with Crippen molar-refractivity contribution in [1.82, 2.24) is 3.82 Å². The number of halogens is 3. The molecule has 0 radical (unpaired) electrons. The van der Waals surface area contributed by atoms with Crippen molar-refractivity contribution in [2.24, 2.45) is 11.8 Å². The van der Waals surface area contributed by atoms with E-state index in [-0.39, 0.29) is 11.8 Å². The molecule has 0 fully saturated rings. The number of rotatable bonds is 5. The van der Waals surface area contributed by atoms with Crippen molar-refractivity contribution in [2.45, 2.75) is 32.2 Å². The van der Waals surface area contributed by atoms with Gasteiger partial charge < -0.3 is 0 Å². The van der Waals surface area contributed by atoms with Gasteiger partial charge in [-0.2, -0.15) is 21.6 Å². The Balaban J connectivity index is 3.09. The molecule has 128 valence electrons. The Bertz CT molecular complexity index is 681. The normalized spacial score (nSPS) is 21.8. The van der Waals surface area contributed by atoms with Gasteiger partial charge in [0.05, 0.1) is 8.72 Å². The topological polar surface area (TPSA) is 99.2 Å². The van der Waals surface area contributed by atoms with E-state index in [0.717, 1.165) is 12.5 Å². The van der Waals surface area contributed by atoms with E-state index in [1.54, 1.807) is 6.08 Å². The van der Waals surface area contributed by atoms with Crippen LogP contribution in [0.2, 0.25) is 0 Å². The minimum atomic E-state index is -6.06. The lowest BCUT2D eigenvalue weighted by atomic mass is 9.87. The van der Waals surface area contributed by atoms with Crippen LogP contribution in [0.15, 0.2) is 23.1 Å². The van der Waals surface area contributed by atoms with Crippen LogP contribution in [-0.4, -0.2) is 26.2 Å². The third-order valence-electron chi connectivity index (χ3n) is 3.60. The molecule has 0 aromatic carbocycles. The van der Waals surface area contributed by atoms with Crippen molar-refractivity contribution in [3.8, 4) is 0 Å². The van der Waals surface area contributed by atoms with Crippen molar-refractivity contribution in [2.75, 3.05) is 0 Å². The molecule has 1 aliphatic carbocycles. The molecule has 0 aromatic rings. The molecule has 2 atom stereocenters. The summed E-state index contributed by atoms with van der Waals surface area (Å²) in [6.45, 7) is 3.92. The van der Waals surface area contributed by atoms with Crippen LogP contribution in [0.5, 0.6) is 0 Å². The van der Waals surface area contributed by atoms with Crippen molar-refractivity contribution < 1.29 is 35.8 Å². The maximum Gasteiger partial charge on any atom is 0.517 e. The van der Waals surface area contributed by atoms with Gasteiger partial charge in [-0.25, -0.2) is 14.3 Å². The maximum atomic E-state index is 12.4. The molecule has 0 aromatic heterocycles. The highest BCUT2D eigenvalue weighted by atomic mass is 32.3. The first kappa shape index (κ1) is 19.1. The van der Waals surface area contributed by atoms with Gasteiger partial charge in [-0.05, 0) is 24.3 Å². The Morgan fingerprint density at radius 1 is 1.36 bits per heavy atom. The van der Waals surface area contributed by atoms with Gasteiger partial charge in [0, 0.05) is 0 Å². The third-order valence-corrected chi connectivity index (χ3v) is 7.33. The van der Waals surface area contributed by atoms with E-state index >= 15 is 0 Å². The molecule has 6 nitrogen and oxygen atoms in total. The summed E-state index contributed by atoms with van der Waals surface area (Å²) in [5, 5.41) is 0. The SMILES string of the molecule is CCC(C)C1C=CC(S(=O)(=O)N([NH3+])S(=O)(=O)C(F)(F)F)=CC1. The Kier molecular flexibility index (Phi) is 5.48. The van der Waals surface area contributed by atoms with Gasteiger partial charge >= 0.3 is 15.5 Å². The summed E-state index contributed by atoms with van der Waals surface area (Å²) in [4.78, 5) is -0.505. The summed E-state index contributed by atoms with van der Waals surface area (Å²) < 4.78 is 82.7. The van der Waals surface area contributed by atoms with Crippen molar-refractivity contribution >= 4 is 20.0 Å². The van der Waals surface area contributed by atoms with Crippen LogP contribution in [0.25, 0.3) is 0 Å². The first-order valence-electron chi connectivity index (χ1n) is 6.41. The van der Waals surface area contributed by atoms with Crippen LogP contribution >= 0.6 is 0 Å². The minimum Gasteiger partial charge on any atom is -0.248 e. The van der Waals surface area contributed by atoms with Crippen molar-refractivity contribution in [3.63, 3.8) is 0 Å². The Labute approximate surface area is 127 Å². The van der Waals surface area contributed by atoms with Crippen LogP contribution < -0.4 is 5.84 Å². The van der Waals surface area contributed by atoms with Crippen LogP contribution in [0.3, 0.4) is 0 Å². The maximum absolute atomic E-state index is 12.4. The molecule has 22 heavy (non-hydrogen) atoms. The first-order chi connectivity index (χ1) is 9.85. The van der Waals surface area contributed by atoms with E-state index < -0.39 is 34.3 Å². The summed E-state index contributed by atoms with van der Waals surface area (Å²) in [5.41, 5.74) is -5.74. The predicted octanol–water partition coefficient (Wildman–Crippen LogP) is 1.13. The van der Waals surface area contributed by atoms with Crippen molar-refractivity contribution in [1.29, 1.82) is 0 Å². The number of hydrogen-bond acceptors (Lipinski definition) is 4. The number of hydrogen-bond donors (Lipinski definition) is 1. The number of quaternary nitrogens is 1. The third kappa shape index (κ3) is 3.53. The second-order valence-electron chi connectivity index (χ2n) is 4.98. The smallest absolute Gasteiger partial charge is 0.248 e. The highest BCUT2D eigenvalue weighted by Gasteiger charge is 2.56. The molecule has 0 spiro atoms. The Morgan fingerprint density at radius 2 is 1.91 bits per heavy atom. The Hall–Kier alpha value is -0.910. The van der Waals surface area contributed by atoms with Gasteiger partial charge in [0.2, 0.25) is 0 Å². The lowest BCUT2D eigenvalue weighted by Gasteiger charge is -2.22. The standard InChI is InChI=1S/C11H17F3N2O4S2/c1-3-8(2)9-4-6-10(7-5-9)21(17,18)16(15)22(19,20)11(12,13)14/h4,6-9H,3,5,15H2,1-2H3/p+1. The predicted molar refractivity (Wildman–Crippen MR) is 73.4 cm³/mol. The Morgan fingerprint density at radius 3 is 2.27 bits per heavy atom. The lowest BCUT2D eigenvalue weighted by Crippen LogP contribution is -2.73. The highest BCUT2D eigenvalue weighted by Crippen LogP contribution is 2.31. The van der Waals surface area contributed by atoms with Crippen LogP contribution in [0.1, 0.15) is 26.7 Å². The molecule has 0 bridgehead atoms. The second kappa shape index (κ2) is 6.30. The summed E-state index contributed by atoms with van der Waals surface area (Å²) in [5.74, 6) is 2.88. The van der Waals surface area contributed by atoms with E-state index in [0.29, 0.717) is 6.42 Å². The monoisotopic (exact) mass is 363 g/mol. The fraction of sp³-hybridized carbons (Fsp3) is 0.636. The molecule has 1 aliphatic rings. The summed E-state index contributed by atoms with van der Waals surface area (Å²) in [6, 6.07) is 0. The molecule has 11 heteroatoms. The molecular weight excluding hydrogens is 345 g/mol. The van der Waals surface area contributed by atoms with Gasteiger partial charge in [-0.3, -0.25) is 0 Å². The van der Waals surface area contributed by atoms with E-state index in [9.17, 15) is 30.0 Å². The molecule has 3 N–H and O–H groups in total. The average molecular weight is 363 g/mol. The van der Waals surface area contributed by atoms with Crippen molar-refractivity contribution in [3.05, 3.63) is 23.1 Å². The first-order valence-corrected chi connectivity index (χ1v) is 9.29. The largest absolute Gasteiger partial charge is 0.517 e. The van der Waals surface area contributed by atoms with Crippen LogP contribution in [0, 0.1) is 11.8 Å². The molecule has 0 heterocycles. The number of allylic oxidation sites excluding steroid dienone is 3. The molecule has 2 unspecified atom stereocenters.